The van der Waals surface area contributed by atoms with E-state index in [0.29, 0.717) is 5.69 Å². The number of carbonyl (C=O) groups is 1. The molecule has 2 N–H and O–H groups in total. The van der Waals surface area contributed by atoms with Crippen LogP contribution in [0.25, 0.3) is 6.08 Å². The van der Waals surface area contributed by atoms with E-state index in [1.807, 2.05) is 51.1 Å². The van der Waals surface area contributed by atoms with Gasteiger partial charge in [0.15, 0.2) is 0 Å². The third-order valence-electron chi connectivity index (χ3n) is 2.00. The van der Waals surface area contributed by atoms with Crippen molar-refractivity contribution in [2.24, 2.45) is 0 Å². The molecule has 0 aliphatic heterocycles. The summed E-state index contributed by atoms with van der Waals surface area (Å²) in [4.78, 5) is 11.4. The molecular formula is C14H19NO2. The summed E-state index contributed by atoms with van der Waals surface area (Å²) in [7, 11) is 0. The summed E-state index contributed by atoms with van der Waals surface area (Å²) in [5.41, 5.74) is 6.95. The minimum absolute atomic E-state index is 0.233. The van der Waals surface area contributed by atoms with Crippen LogP contribution in [0.15, 0.2) is 30.3 Å². The van der Waals surface area contributed by atoms with E-state index in [0.717, 1.165) is 5.56 Å². The minimum atomic E-state index is -0.434. The molecule has 0 radical (unpaired) electrons. The molecule has 3 nitrogen and oxygen atoms in total. The number of rotatable bonds is 3. The Morgan fingerprint density at radius 3 is 2.59 bits per heavy atom. The van der Waals surface area contributed by atoms with E-state index in [2.05, 4.69) is 0 Å². The summed E-state index contributed by atoms with van der Waals surface area (Å²) in [6.07, 6.45) is 3.85. The molecule has 0 unspecified atom stereocenters. The van der Waals surface area contributed by atoms with Gasteiger partial charge >= 0.3 is 5.97 Å². The number of carbonyl (C=O) groups excluding carboxylic acids is 1. The highest BCUT2D eigenvalue weighted by Crippen LogP contribution is 2.13. The van der Waals surface area contributed by atoms with Crippen molar-refractivity contribution in [2.45, 2.75) is 32.8 Å². The molecule has 0 saturated heterocycles. The van der Waals surface area contributed by atoms with Crippen LogP contribution in [-0.4, -0.2) is 11.6 Å². The van der Waals surface area contributed by atoms with Crippen LogP contribution >= 0.6 is 0 Å². The number of benzene rings is 1. The molecule has 17 heavy (non-hydrogen) atoms. The van der Waals surface area contributed by atoms with Crippen molar-refractivity contribution in [3.8, 4) is 0 Å². The Bertz CT molecular complexity index is 416. The van der Waals surface area contributed by atoms with Gasteiger partial charge in [-0.15, -0.1) is 0 Å². The lowest BCUT2D eigenvalue weighted by Gasteiger charge is -2.18. The first-order chi connectivity index (χ1) is 7.88. The molecule has 0 heterocycles. The van der Waals surface area contributed by atoms with E-state index < -0.39 is 5.60 Å². The van der Waals surface area contributed by atoms with E-state index in [-0.39, 0.29) is 12.4 Å². The van der Waals surface area contributed by atoms with Gasteiger partial charge in [0.1, 0.15) is 5.60 Å². The Hall–Kier alpha value is -1.77. The van der Waals surface area contributed by atoms with Crippen LogP contribution in [0.4, 0.5) is 5.69 Å². The fourth-order valence-electron chi connectivity index (χ4n) is 1.33. The van der Waals surface area contributed by atoms with Gasteiger partial charge in [-0.05, 0) is 32.4 Å². The second-order valence-corrected chi connectivity index (χ2v) is 4.82. The highest BCUT2D eigenvalue weighted by atomic mass is 16.6. The van der Waals surface area contributed by atoms with Crippen molar-refractivity contribution < 1.29 is 9.53 Å². The lowest BCUT2D eigenvalue weighted by Crippen LogP contribution is -2.23. The third-order valence-corrected chi connectivity index (χ3v) is 2.00. The van der Waals surface area contributed by atoms with Gasteiger partial charge in [0.05, 0.1) is 6.42 Å². The van der Waals surface area contributed by atoms with Gasteiger partial charge in [-0.2, -0.15) is 0 Å². The summed E-state index contributed by atoms with van der Waals surface area (Å²) >= 11 is 0. The van der Waals surface area contributed by atoms with Crippen LogP contribution in [0.3, 0.4) is 0 Å². The zero-order valence-corrected chi connectivity index (χ0v) is 10.6. The van der Waals surface area contributed by atoms with Crippen LogP contribution < -0.4 is 5.73 Å². The lowest BCUT2D eigenvalue weighted by molar-refractivity contribution is -0.153. The number of hydrogen-bond donors (Lipinski definition) is 1. The predicted molar refractivity (Wildman–Crippen MR) is 70.4 cm³/mol. The maximum absolute atomic E-state index is 11.4. The average molecular weight is 233 g/mol. The Morgan fingerprint density at radius 2 is 2.00 bits per heavy atom. The van der Waals surface area contributed by atoms with Crippen LogP contribution in [0, 0.1) is 0 Å². The molecule has 0 saturated carbocycles. The summed E-state index contributed by atoms with van der Waals surface area (Å²) < 4.78 is 5.18. The van der Waals surface area contributed by atoms with Crippen LogP contribution in [-0.2, 0) is 9.53 Å². The Kier molecular flexibility index (Phi) is 4.32. The van der Waals surface area contributed by atoms with Crippen molar-refractivity contribution in [1.82, 2.24) is 0 Å². The molecule has 1 aromatic carbocycles. The molecule has 1 rings (SSSR count). The maximum atomic E-state index is 11.4. The quantitative estimate of drug-likeness (QED) is 0.645. The van der Waals surface area contributed by atoms with E-state index in [1.165, 1.54) is 0 Å². The Balaban J connectivity index is 2.51. The zero-order valence-electron chi connectivity index (χ0n) is 10.6. The Morgan fingerprint density at radius 1 is 1.35 bits per heavy atom. The number of ether oxygens (including phenoxy) is 1. The summed E-state index contributed by atoms with van der Waals surface area (Å²) in [6.45, 7) is 5.55. The van der Waals surface area contributed by atoms with Crippen molar-refractivity contribution in [3.05, 3.63) is 35.9 Å². The summed E-state index contributed by atoms with van der Waals surface area (Å²) in [5, 5.41) is 0. The first-order valence-corrected chi connectivity index (χ1v) is 5.61. The number of anilines is 1. The molecule has 0 atom stereocenters. The largest absolute Gasteiger partial charge is 0.460 e. The van der Waals surface area contributed by atoms with E-state index in [1.54, 1.807) is 6.08 Å². The van der Waals surface area contributed by atoms with Gasteiger partial charge in [0.25, 0.3) is 0 Å². The number of para-hydroxylation sites is 1. The molecule has 0 aromatic heterocycles. The third kappa shape index (κ3) is 5.20. The zero-order chi connectivity index (χ0) is 12.9. The minimum Gasteiger partial charge on any atom is -0.460 e. The summed E-state index contributed by atoms with van der Waals surface area (Å²) in [5.74, 6) is -0.233. The van der Waals surface area contributed by atoms with E-state index in [4.69, 9.17) is 10.5 Å². The van der Waals surface area contributed by atoms with Crippen molar-refractivity contribution in [1.29, 1.82) is 0 Å². The highest BCUT2D eigenvalue weighted by Gasteiger charge is 2.14. The van der Waals surface area contributed by atoms with E-state index in [9.17, 15) is 4.79 Å². The van der Waals surface area contributed by atoms with Crippen molar-refractivity contribution in [2.75, 3.05) is 5.73 Å². The van der Waals surface area contributed by atoms with Gasteiger partial charge in [-0.1, -0.05) is 30.4 Å². The standard InChI is InChI=1S/C14H19NO2/c1-14(2,3)17-13(16)10-6-8-11-7-4-5-9-12(11)15/h4-9H,10,15H2,1-3H3. The molecular weight excluding hydrogens is 214 g/mol. The van der Waals surface area contributed by atoms with Crippen LogP contribution in [0.1, 0.15) is 32.8 Å². The molecule has 0 bridgehead atoms. The van der Waals surface area contributed by atoms with Crippen LogP contribution in [0.2, 0.25) is 0 Å². The number of nitrogens with two attached hydrogens (primary N) is 1. The monoisotopic (exact) mass is 233 g/mol. The number of esters is 1. The van der Waals surface area contributed by atoms with Crippen molar-refractivity contribution in [3.63, 3.8) is 0 Å². The number of nitrogen functional groups attached to an aromatic ring is 1. The van der Waals surface area contributed by atoms with E-state index >= 15 is 0 Å². The summed E-state index contributed by atoms with van der Waals surface area (Å²) in [6, 6.07) is 7.51. The van der Waals surface area contributed by atoms with Gasteiger partial charge < -0.3 is 10.5 Å². The second kappa shape index (κ2) is 5.53. The topological polar surface area (TPSA) is 52.3 Å². The first-order valence-electron chi connectivity index (χ1n) is 5.61. The van der Waals surface area contributed by atoms with Crippen molar-refractivity contribution >= 4 is 17.7 Å². The normalized spacial score (nSPS) is 11.7. The van der Waals surface area contributed by atoms with Gasteiger partial charge in [0, 0.05) is 5.69 Å². The fraction of sp³-hybridized carbons (Fsp3) is 0.357. The molecule has 0 aliphatic carbocycles. The number of hydrogen-bond acceptors (Lipinski definition) is 3. The van der Waals surface area contributed by atoms with Gasteiger partial charge in [-0.3, -0.25) is 4.79 Å². The molecule has 0 fully saturated rings. The van der Waals surface area contributed by atoms with Gasteiger partial charge in [-0.25, -0.2) is 0 Å². The predicted octanol–water partition coefficient (Wildman–Crippen LogP) is 3.01. The SMILES string of the molecule is CC(C)(C)OC(=O)CC=Cc1ccccc1N. The molecule has 0 aliphatic rings. The molecule has 1 aromatic rings. The molecule has 3 heteroatoms. The highest BCUT2D eigenvalue weighted by molar-refractivity contribution is 5.74. The second-order valence-electron chi connectivity index (χ2n) is 4.82. The lowest BCUT2D eigenvalue weighted by atomic mass is 10.1. The van der Waals surface area contributed by atoms with Crippen LogP contribution in [0.5, 0.6) is 0 Å². The molecule has 0 amide bonds. The smallest absolute Gasteiger partial charge is 0.310 e. The fourth-order valence-corrected chi connectivity index (χ4v) is 1.33. The van der Waals surface area contributed by atoms with Gasteiger partial charge in [0.2, 0.25) is 0 Å². The molecule has 0 spiro atoms. The first kappa shape index (κ1) is 13.3. The average Bonchev–Trinajstić information content (AvgIpc) is 2.18. The maximum Gasteiger partial charge on any atom is 0.310 e. The molecule has 92 valence electrons. The Labute approximate surface area is 102 Å².